The molecule has 0 fully saturated rings. The molecule has 0 unspecified atom stereocenters. The third-order valence-electron chi connectivity index (χ3n) is 3.45. The van der Waals surface area contributed by atoms with Gasteiger partial charge < -0.3 is 4.42 Å². The van der Waals surface area contributed by atoms with E-state index in [0.29, 0.717) is 27.8 Å². The lowest BCUT2D eigenvalue weighted by atomic mass is 10.1. The summed E-state index contributed by atoms with van der Waals surface area (Å²) in [6.07, 6.45) is 4.71. The summed E-state index contributed by atoms with van der Waals surface area (Å²) in [6.45, 7) is 1.73. The van der Waals surface area contributed by atoms with Gasteiger partial charge in [-0.25, -0.2) is 0 Å². The van der Waals surface area contributed by atoms with Crippen LogP contribution >= 0.6 is 11.6 Å². The first-order chi connectivity index (χ1) is 12.0. The molecule has 0 N–H and O–H groups in total. The van der Waals surface area contributed by atoms with Gasteiger partial charge in [-0.2, -0.15) is 10.1 Å². The van der Waals surface area contributed by atoms with Gasteiger partial charge in [-0.05, 0) is 49.4 Å². The largest absolute Gasteiger partial charge is 0.433 e. The molecule has 0 bridgehead atoms. The summed E-state index contributed by atoms with van der Waals surface area (Å²) in [6, 6.07) is 9.52. The van der Waals surface area contributed by atoms with Crippen molar-refractivity contribution >= 4 is 40.9 Å². The Balaban J connectivity index is 1.78. The molecule has 0 spiro atoms. The van der Waals surface area contributed by atoms with E-state index in [4.69, 9.17) is 16.0 Å². The van der Waals surface area contributed by atoms with E-state index >= 15 is 0 Å². The number of carbonyl (C=O) groups excluding carboxylic acids is 1. The van der Waals surface area contributed by atoms with Gasteiger partial charge >= 0.3 is 5.88 Å². The molecule has 0 radical (unpaired) electrons. The molecule has 0 aliphatic carbocycles. The lowest BCUT2D eigenvalue weighted by Crippen LogP contribution is -2.21. The van der Waals surface area contributed by atoms with E-state index < -0.39 is 4.92 Å². The van der Waals surface area contributed by atoms with Crippen molar-refractivity contribution in [3.63, 3.8) is 0 Å². The van der Waals surface area contributed by atoms with Crippen molar-refractivity contribution in [2.45, 2.75) is 6.92 Å². The van der Waals surface area contributed by atoms with Crippen LogP contribution in [0.2, 0.25) is 5.02 Å². The minimum absolute atomic E-state index is 0.269. The lowest BCUT2D eigenvalue weighted by Gasteiger charge is -2.11. The number of amides is 1. The number of carbonyl (C=O) groups is 1. The fourth-order valence-electron chi connectivity index (χ4n) is 2.24. The average Bonchev–Trinajstić information content (AvgIpc) is 3.15. The molecule has 7 nitrogen and oxygen atoms in total. The van der Waals surface area contributed by atoms with Crippen LogP contribution in [0.3, 0.4) is 0 Å². The van der Waals surface area contributed by atoms with Crippen molar-refractivity contribution in [1.82, 2.24) is 0 Å². The molecule has 1 amide bonds. The number of nitro groups is 1. The van der Waals surface area contributed by atoms with Gasteiger partial charge in [0.15, 0.2) is 0 Å². The van der Waals surface area contributed by atoms with Crippen LogP contribution in [-0.2, 0) is 4.79 Å². The van der Waals surface area contributed by atoms with Crippen molar-refractivity contribution in [2.24, 2.45) is 5.10 Å². The molecule has 2 heterocycles. The molecular formula is C17H12ClN3O4. The van der Waals surface area contributed by atoms with Gasteiger partial charge in [-0.1, -0.05) is 17.7 Å². The Kier molecular flexibility index (Phi) is 4.49. The summed E-state index contributed by atoms with van der Waals surface area (Å²) in [5.74, 6) is -0.288. The van der Waals surface area contributed by atoms with Crippen LogP contribution < -0.4 is 5.01 Å². The van der Waals surface area contributed by atoms with Gasteiger partial charge in [0.1, 0.15) is 10.7 Å². The zero-order valence-electron chi connectivity index (χ0n) is 13.0. The number of benzene rings is 1. The van der Waals surface area contributed by atoms with E-state index in [1.807, 2.05) is 0 Å². The maximum atomic E-state index is 12.5. The van der Waals surface area contributed by atoms with Crippen molar-refractivity contribution in [2.75, 3.05) is 5.01 Å². The van der Waals surface area contributed by atoms with Crippen molar-refractivity contribution < 1.29 is 14.1 Å². The Morgan fingerprint density at radius 1 is 1.24 bits per heavy atom. The van der Waals surface area contributed by atoms with E-state index in [-0.39, 0.29) is 11.8 Å². The Morgan fingerprint density at radius 3 is 2.60 bits per heavy atom. The molecule has 3 rings (SSSR count). The lowest BCUT2D eigenvalue weighted by molar-refractivity contribution is -0.402. The highest BCUT2D eigenvalue weighted by Gasteiger charge is 2.28. The fourth-order valence-corrected chi connectivity index (χ4v) is 2.36. The predicted molar refractivity (Wildman–Crippen MR) is 94.5 cm³/mol. The third-order valence-corrected chi connectivity index (χ3v) is 3.70. The number of nitrogens with zero attached hydrogens (tertiary/aromatic N) is 3. The van der Waals surface area contributed by atoms with E-state index in [0.717, 1.165) is 0 Å². The number of furan rings is 1. The molecule has 0 saturated carbocycles. The number of anilines is 1. The Morgan fingerprint density at radius 2 is 1.96 bits per heavy atom. The highest BCUT2D eigenvalue weighted by atomic mass is 35.5. The third kappa shape index (κ3) is 3.51. The van der Waals surface area contributed by atoms with Crippen molar-refractivity contribution in [3.05, 3.63) is 75.0 Å². The maximum Gasteiger partial charge on any atom is 0.433 e. The molecular weight excluding hydrogens is 346 g/mol. The molecule has 1 aliphatic rings. The monoisotopic (exact) mass is 357 g/mol. The molecule has 1 aromatic carbocycles. The second kappa shape index (κ2) is 6.74. The van der Waals surface area contributed by atoms with Gasteiger partial charge in [-0.3, -0.25) is 14.9 Å². The average molecular weight is 358 g/mol. The van der Waals surface area contributed by atoms with Gasteiger partial charge in [0.25, 0.3) is 5.91 Å². The maximum absolute atomic E-state index is 12.5. The zero-order valence-corrected chi connectivity index (χ0v) is 13.8. The summed E-state index contributed by atoms with van der Waals surface area (Å²) in [7, 11) is 0. The van der Waals surface area contributed by atoms with Gasteiger partial charge in [0, 0.05) is 5.02 Å². The molecule has 0 atom stereocenters. The Hall–Kier alpha value is -3.19. The van der Waals surface area contributed by atoms with Crippen LogP contribution in [-0.4, -0.2) is 16.5 Å². The number of rotatable bonds is 4. The Labute approximate surface area is 147 Å². The number of hydrogen-bond donors (Lipinski definition) is 0. The summed E-state index contributed by atoms with van der Waals surface area (Å²) in [5, 5.41) is 16.7. The minimum atomic E-state index is -0.614. The van der Waals surface area contributed by atoms with E-state index in [1.54, 1.807) is 43.3 Å². The first-order valence-electron chi connectivity index (χ1n) is 7.24. The van der Waals surface area contributed by atoms with Crippen LogP contribution in [0.15, 0.2) is 63.6 Å². The highest BCUT2D eigenvalue weighted by Crippen LogP contribution is 2.25. The molecule has 2 aromatic rings. The van der Waals surface area contributed by atoms with Gasteiger partial charge in [0.05, 0.1) is 23.0 Å². The summed E-state index contributed by atoms with van der Waals surface area (Å²) in [5.41, 5.74) is 1.60. The molecule has 1 aromatic heterocycles. The molecule has 126 valence electrons. The number of hydrazone groups is 1. The van der Waals surface area contributed by atoms with Crippen molar-refractivity contribution in [3.8, 4) is 0 Å². The quantitative estimate of drug-likeness (QED) is 0.466. The minimum Gasteiger partial charge on any atom is -0.401 e. The van der Waals surface area contributed by atoms with Gasteiger partial charge in [-0.15, -0.1) is 0 Å². The predicted octanol–water partition coefficient (Wildman–Crippen LogP) is 4.20. The van der Waals surface area contributed by atoms with Crippen LogP contribution in [0.1, 0.15) is 12.7 Å². The topological polar surface area (TPSA) is 89.0 Å². The van der Waals surface area contributed by atoms with Crippen LogP contribution in [0.4, 0.5) is 11.6 Å². The number of hydrogen-bond acceptors (Lipinski definition) is 5. The molecule has 1 aliphatic heterocycles. The Bertz CT molecular complexity index is 926. The summed E-state index contributed by atoms with van der Waals surface area (Å²) in [4.78, 5) is 22.5. The van der Waals surface area contributed by atoms with Crippen LogP contribution in [0, 0.1) is 10.1 Å². The zero-order chi connectivity index (χ0) is 18.0. The number of halogens is 1. The first kappa shape index (κ1) is 16.7. The normalized spacial score (nSPS) is 16.1. The smallest absolute Gasteiger partial charge is 0.401 e. The summed E-state index contributed by atoms with van der Waals surface area (Å²) >= 11 is 5.85. The first-order valence-corrected chi connectivity index (χ1v) is 7.61. The molecule has 0 saturated heterocycles. The SMILES string of the molecule is CC1=NN(c2ccc(Cl)cc2)C(=O)C1=CC=Cc1ccc([N+](=O)[O-])o1. The molecule has 25 heavy (non-hydrogen) atoms. The summed E-state index contributed by atoms with van der Waals surface area (Å²) < 4.78 is 5.01. The van der Waals surface area contributed by atoms with E-state index in [2.05, 4.69) is 5.10 Å². The van der Waals surface area contributed by atoms with E-state index in [9.17, 15) is 14.9 Å². The molecule has 8 heteroatoms. The standard InChI is InChI=1S/C17H12ClN3O4/c1-11-15(4-2-3-14-9-10-16(25-14)21(23)24)17(22)20(19-11)13-7-5-12(18)6-8-13/h2-10H,1H3. The fraction of sp³-hybridized carbons (Fsp3) is 0.0588. The number of allylic oxidation sites excluding steroid dienone is 2. The second-order valence-electron chi connectivity index (χ2n) is 5.15. The van der Waals surface area contributed by atoms with Crippen molar-refractivity contribution in [1.29, 1.82) is 0 Å². The van der Waals surface area contributed by atoms with Crippen LogP contribution in [0.5, 0.6) is 0 Å². The van der Waals surface area contributed by atoms with E-state index in [1.165, 1.54) is 23.2 Å². The van der Waals surface area contributed by atoms with Gasteiger partial charge in [0.2, 0.25) is 0 Å². The highest BCUT2D eigenvalue weighted by molar-refractivity contribution is 6.31. The second-order valence-corrected chi connectivity index (χ2v) is 5.59. The van der Waals surface area contributed by atoms with Crippen LogP contribution in [0.25, 0.3) is 6.08 Å².